The first kappa shape index (κ1) is 17.7. The van der Waals surface area contributed by atoms with Gasteiger partial charge in [0.1, 0.15) is 0 Å². The van der Waals surface area contributed by atoms with Crippen LogP contribution < -0.4 is 4.90 Å². The molecule has 0 saturated carbocycles. The number of para-hydroxylation sites is 1. The van der Waals surface area contributed by atoms with Gasteiger partial charge in [0.2, 0.25) is 11.8 Å². The normalized spacial score (nSPS) is 22.4. The molecule has 0 spiro atoms. The summed E-state index contributed by atoms with van der Waals surface area (Å²) in [5, 5.41) is 0. The van der Waals surface area contributed by atoms with Gasteiger partial charge in [-0.2, -0.15) is 0 Å². The van der Waals surface area contributed by atoms with Crippen molar-refractivity contribution < 1.29 is 14.3 Å². The summed E-state index contributed by atoms with van der Waals surface area (Å²) in [6.07, 6.45) is 0.325. The minimum atomic E-state index is -0.213. The van der Waals surface area contributed by atoms with Gasteiger partial charge in [0.15, 0.2) is 0 Å². The smallest absolute Gasteiger partial charge is 0.228 e. The molecule has 2 aliphatic rings. The van der Waals surface area contributed by atoms with Crippen molar-refractivity contribution in [2.75, 3.05) is 51.3 Å². The number of carbonyl (C=O) groups excluding carboxylic acids is 2. The fraction of sp³-hybridized carbons (Fsp3) is 0.579. The number of rotatable bonds is 5. The molecule has 0 radical (unpaired) electrons. The second-order valence-electron chi connectivity index (χ2n) is 6.90. The maximum Gasteiger partial charge on any atom is 0.228 e. The summed E-state index contributed by atoms with van der Waals surface area (Å²) < 4.78 is 5.14. The number of piperazine rings is 1. The molecular weight excluding hydrogens is 318 g/mol. The van der Waals surface area contributed by atoms with Crippen LogP contribution in [0.4, 0.5) is 5.69 Å². The van der Waals surface area contributed by atoms with E-state index in [2.05, 4.69) is 17.0 Å². The third kappa shape index (κ3) is 3.95. The number of nitrogens with zero attached hydrogens (tertiary/aromatic N) is 3. The Balaban J connectivity index is 1.54. The highest BCUT2D eigenvalue weighted by atomic mass is 16.5. The zero-order valence-electron chi connectivity index (χ0n) is 15.1. The van der Waals surface area contributed by atoms with Crippen LogP contribution in [0.3, 0.4) is 0 Å². The quantitative estimate of drug-likeness (QED) is 0.805. The third-order valence-corrected chi connectivity index (χ3v) is 5.16. The van der Waals surface area contributed by atoms with E-state index in [1.165, 1.54) is 5.69 Å². The van der Waals surface area contributed by atoms with Gasteiger partial charge in [0.05, 0.1) is 18.6 Å². The number of benzene rings is 1. The first-order valence-electron chi connectivity index (χ1n) is 8.97. The molecule has 25 heavy (non-hydrogen) atoms. The van der Waals surface area contributed by atoms with Crippen LogP contribution in [0.15, 0.2) is 30.3 Å². The fourth-order valence-electron chi connectivity index (χ4n) is 3.74. The van der Waals surface area contributed by atoms with E-state index >= 15 is 0 Å². The van der Waals surface area contributed by atoms with Gasteiger partial charge < -0.3 is 19.4 Å². The van der Waals surface area contributed by atoms with E-state index in [0.29, 0.717) is 32.7 Å². The van der Waals surface area contributed by atoms with Crippen LogP contribution in [0.5, 0.6) is 0 Å². The molecule has 0 aromatic heterocycles. The molecule has 6 heteroatoms. The molecule has 0 N–H and O–H groups in total. The molecule has 136 valence electrons. The van der Waals surface area contributed by atoms with Gasteiger partial charge in [-0.25, -0.2) is 0 Å². The van der Waals surface area contributed by atoms with Crippen molar-refractivity contribution in [2.45, 2.75) is 19.4 Å². The average molecular weight is 345 g/mol. The van der Waals surface area contributed by atoms with Crippen molar-refractivity contribution in [1.29, 1.82) is 0 Å². The van der Waals surface area contributed by atoms with Crippen LogP contribution >= 0.6 is 0 Å². The molecule has 1 aromatic rings. The summed E-state index contributed by atoms with van der Waals surface area (Å²) in [5.74, 6) is -0.0333. The van der Waals surface area contributed by atoms with Gasteiger partial charge in [-0.1, -0.05) is 18.2 Å². The van der Waals surface area contributed by atoms with E-state index < -0.39 is 0 Å². The SMILES string of the molecule is COC[C@@H](C)N1C[C@H](C(=O)N2CCN(c3ccccc3)CC2)CC1=O. The summed E-state index contributed by atoms with van der Waals surface area (Å²) in [6, 6.07) is 10.3. The first-order valence-corrected chi connectivity index (χ1v) is 8.97. The molecule has 0 aliphatic carbocycles. The molecular formula is C19H27N3O3. The van der Waals surface area contributed by atoms with Crippen LogP contribution in [0.2, 0.25) is 0 Å². The fourth-order valence-corrected chi connectivity index (χ4v) is 3.74. The van der Waals surface area contributed by atoms with Gasteiger partial charge in [0.25, 0.3) is 0 Å². The third-order valence-electron chi connectivity index (χ3n) is 5.16. The number of ether oxygens (including phenoxy) is 1. The number of likely N-dealkylation sites (tertiary alicyclic amines) is 1. The topological polar surface area (TPSA) is 53.1 Å². The molecule has 2 fully saturated rings. The molecule has 2 atom stereocenters. The molecule has 6 nitrogen and oxygen atoms in total. The minimum Gasteiger partial charge on any atom is -0.383 e. The Labute approximate surface area is 149 Å². The highest BCUT2D eigenvalue weighted by molar-refractivity contribution is 5.89. The Morgan fingerprint density at radius 2 is 1.88 bits per heavy atom. The van der Waals surface area contributed by atoms with Crippen molar-refractivity contribution >= 4 is 17.5 Å². The monoisotopic (exact) mass is 345 g/mol. The highest BCUT2D eigenvalue weighted by Gasteiger charge is 2.38. The summed E-state index contributed by atoms with van der Waals surface area (Å²) in [5.41, 5.74) is 1.20. The molecule has 3 rings (SSSR count). The Bertz CT molecular complexity index is 599. The zero-order valence-corrected chi connectivity index (χ0v) is 15.1. The number of amides is 2. The second kappa shape index (κ2) is 7.87. The first-order chi connectivity index (χ1) is 12.1. The van der Waals surface area contributed by atoms with E-state index in [1.807, 2.05) is 30.0 Å². The number of hydrogen-bond donors (Lipinski definition) is 0. The zero-order chi connectivity index (χ0) is 17.8. The van der Waals surface area contributed by atoms with E-state index in [0.717, 1.165) is 13.1 Å². The van der Waals surface area contributed by atoms with Crippen LogP contribution in [-0.2, 0) is 14.3 Å². The number of carbonyl (C=O) groups is 2. The number of methoxy groups -OCH3 is 1. The van der Waals surface area contributed by atoms with Crippen molar-refractivity contribution in [3.8, 4) is 0 Å². The van der Waals surface area contributed by atoms with Crippen molar-refractivity contribution in [3.05, 3.63) is 30.3 Å². The van der Waals surface area contributed by atoms with E-state index in [1.54, 1.807) is 12.0 Å². The second-order valence-corrected chi connectivity index (χ2v) is 6.90. The maximum atomic E-state index is 12.8. The van der Waals surface area contributed by atoms with Gasteiger partial charge in [-0.05, 0) is 19.1 Å². The molecule has 2 aliphatic heterocycles. The minimum absolute atomic E-state index is 0.0187. The predicted octanol–water partition coefficient (Wildman–Crippen LogP) is 1.22. The predicted molar refractivity (Wildman–Crippen MR) is 96.4 cm³/mol. The lowest BCUT2D eigenvalue weighted by Crippen LogP contribution is -2.50. The van der Waals surface area contributed by atoms with Crippen LogP contribution in [-0.4, -0.2) is 74.1 Å². The highest BCUT2D eigenvalue weighted by Crippen LogP contribution is 2.24. The van der Waals surface area contributed by atoms with Gasteiger partial charge >= 0.3 is 0 Å². The average Bonchev–Trinajstić information content (AvgIpc) is 3.04. The standard InChI is InChI=1S/C19H27N3O3/c1-15(14-25-2)22-13-16(12-18(22)23)19(24)21-10-8-20(9-11-21)17-6-4-3-5-7-17/h3-7,15-16H,8-14H2,1-2H3/t15-,16-/m1/s1. The Morgan fingerprint density at radius 3 is 2.52 bits per heavy atom. The molecule has 1 aromatic carbocycles. The van der Waals surface area contributed by atoms with Crippen molar-refractivity contribution in [2.24, 2.45) is 5.92 Å². The Hall–Kier alpha value is -2.08. The lowest BCUT2D eigenvalue weighted by Gasteiger charge is -2.37. The van der Waals surface area contributed by atoms with Crippen LogP contribution in [0, 0.1) is 5.92 Å². The molecule has 2 heterocycles. The lowest BCUT2D eigenvalue weighted by atomic mass is 10.1. The van der Waals surface area contributed by atoms with Gasteiger partial charge in [-0.3, -0.25) is 9.59 Å². The van der Waals surface area contributed by atoms with Crippen molar-refractivity contribution in [1.82, 2.24) is 9.80 Å². The maximum absolute atomic E-state index is 12.8. The number of anilines is 1. The van der Waals surface area contributed by atoms with Crippen LogP contribution in [0.1, 0.15) is 13.3 Å². The molecule has 2 amide bonds. The molecule has 0 unspecified atom stereocenters. The summed E-state index contributed by atoms with van der Waals surface area (Å²) in [7, 11) is 1.63. The van der Waals surface area contributed by atoms with Gasteiger partial charge in [0, 0.05) is 51.9 Å². The largest absolute Gasteiger partial charge is 0.383 e. The van der Waals surface area contributed by atoms with Gasteiger partial charge in [-0.15, -0.1) is 0 Å². The Morgan fingerprint density at radius 1 is 1.20 bits per heavy atom. The van der Waals surface area contributed by atoms with Crippen molar-refractivity contribution in [3.63, 3.8) is 0 Å². The molecule has 2 saturated heterocycles. The summed E-state index contributed by atoms with van der Waals surface area (Å²) >= 11 is 0. The van der Waals surface area contributed by atoms with E-state index in [9.17, 15) is 9.59 Å². The summed E-state index contributed by atoms with van der Waals surface area (Å²) in [4.78, 5) is 31.0. The lowest BCUT2D eigenvalue weighted by molar-refractivity contribution is -0.136. The van der Waals surface area contributed by atoms with E-state index in [-0.39, 0.29) is 23.8 Å². The number of hydrogen-bond acceptors (Lipinski definition) is 4. The molecule has 0 bridgehead atoms. The van der Waals surface area contributed by atoms with E-state index in [4.69, 9.17) is 4.74 Å². The van der Waals surface area contributed by atoms with Crippen LogP contribution in [0.25, 0.3) is 0 Å². The summed E-state index contributed by atoms with van der Waals surface area (Å²) in [6.45, 7) is 6.08. The Kier molecular flexibility index (Phi) is 5.58.